The molecule has 0 heterocycles. The summed E-state index contributed by atoms with van der Waals surface area (Å²) in [6.07, 6.45) is 4.36. The number of rotatable bonds is 5. The van der Waals surface area contributed by atoms with E-state index in [1.165, 1.54) is 17.5 Å². The number of fused-ring (bicyclic) bond motifs is 1. The summed E-state index contributed by atoms with van der Waals surface area (Å²) in [4.78, 5) is 12.6. The third-order valence-corrected chi connectivity index (χ3v) is 4.26. The molecule has 0 aromatic heterocycles. The molecule has 0 fully saturated rings. The first-order valence-electron chi connectivity index (χ1n) is 7.93. The average Bonchev–Trinajstić information content (AvgIpc) is 3.00. The van der Waals surface area contributed by atoms with E-state index >= 15 is 0 Å². The summed E-state index contributed by atoms with van der Waals surface area (Å²) < 4.78 is 0. The van der Waals surface area contributed by atoms with Gasteiger partial charge in [0.05, 0.1) is 0 Å². The van der Waals surface area contributed by atoms with Crippen LogP contribution in [0.1, 0.15) is 33.5 Å². The Morgan fingerprint density at radius 2 is 1.91 bits per heavy atom. The average molecular weight is 294 g/mol. The van der Waals surface area contributed by atoms with Gasteiger partial charge in [-0.3, -0.25) is 4.79 Å². The van der Waals surface area contributed by atoms with Crippen LogP contribution in [-0.2, 0) is 19.3 Å². The van der Waals surface area contributed by atoms with Crippen LogP contribution in [0, 0.1) is 0 Å². The Balaban J connectivity index is 1.77. The molecule has 1 amide bonds. The molecular weight excluding hydrogens is 272 g/mol. The standard InChI is InChI=1S/C19H22N2O/c1-20-12-11-15-5-2-3-8-18(15)19(22)21-17-10-9-14-6-4-7-16(14)13-17/h2-3,5,8-10,13,20H,4,6-7,11-12H2,1H3,(H,21,22). The Morgan fingerprint density at radius 3 is 2.77 bits per heavy atom. The summed E-state index contributed by atoms with van der Waals surface area (Å²) in [5, 5.41) is 6.17. The van der Waals surface area contributed by atoms with Crippen LogP contribution in [-0.4, -0.2) is 19.5 Å². The summed E-state index contributed by atoms with van der Waals surface area (Å²) in [7, 11) is 1.92. The van der Waals surface area contributed by atoms with E-state index in [1.54, 1.807) is 0 Å². The van der Waals surface area contributed by atoms with Crippen molar-refractivity contribution >= 4 is 11.6 Å². The maximum absolute atomic E-state index is 12.6. The summed E-state index contributed by atoms with van der Waals surface area (Å²) in [5.74, 6) is -0.0235. The van der Waals surface area contributed by atoms with Crippen LogP contribution in [0.25, 0.3) is 0 Å². The topological polar surface area (TPSA) is 41.1 Å². The van der Waals surface area contributed by atoms with Gasteiger partial charge < -0.3 is 10.6 Å². The van der Waals surface area contributed by atoms with E-state index in [-0.39, 0.29) is 5.91 Å². The van der Waals surface area contributed by atoms with Crippen molar-refractivity contribution in [3.63, 3.8) is 0 Å². The minimum atomic E-state index is -0.0235. The van der Waals surface area contributed by atoms with Gasteiger partial charge in [0.25, 0.3) is 5.91 Å². The van der Waals surface area contributed by atoms with Gasteiger partial charge in [0, 0.05) is 11.3 Å². The number of carbonyl (C=O) groups excluding carboxylic acids is 1. The summed E-state index contributed by atoms with van der Waals surface area (Å²) in [6, 6.07) is 14.1. The Kier molecular flexibility index (Phi) is 4.54. The van der Waals surface area contributed by atoms with Gasteiger partial charge in [-0.2, -0.15) is 0 Å². The van der Waals surface area contributed by atoms with Crippen LogP contribution in [0.4, 0.5) is 5.69 Å². The highest BCUT2D eigenvalue weighted by molar-refractivity contribution is 6.05. The SMILES string of the molecule is CNCCc1ccccc1C(=O)Nc1ccc2c(c1)CCC2. The number of aryl methyl sites for hydroxylation is 2. The summed E-state index contributed by atoms with van der Waals surface area (Å²) >= 11 is 0. The molecule has 3 rings (SSSR count). The second-order valence-electron chi connectivity index (χ2n) is 5.80. The zero-order chi connectivity index (χ0) is 15.4. The minimum absolute atomic E-state index is 0.0235. The van der Waals surface area contributed by atoms with Gasteiger partial charge in [-0.25, -0.2) is 0 Å². The minimum Gasteiger partial charge on any atom is -0.322 e. The highest BCUT2D eigenvalue weighted by Gasteiger charge is 2.14. The lowest BCUT2D eigenvalue weighted by atomic mass is 10.0. The number of benzene rings is 2. The lowest BCUT2D eigenvalue weighted by Crippen LogP contribution is -2.17. The van der Waals surface area contributed by atoms with E-state index in [9.17, 15) is 4.79 Å². The Bertz CT molecular complexity index is 679. The lowest BCUT2D eigenvalue weighted by molar-refractivity contribution is 0.102. The number of hydrogen-bond donors (Lipinski definition) is 2. The number of nitrogens with one attached hydrogen (secondary N) is 2. The first-order valence-corrected chi connectivity index (χ1v) is 7.93. The molecule has 2 aromatic carbocycles. The van der Waals surface area contributed by atoms with Crippen molar-refractivity contribution in [3.8, 4) is 0 Å². The van der Waals surface area contributed by atoms with Gasteiger partial charge in [-0.15, -0.1) is 0 Å². The van der Waals surface area contributed by atoms with Gasteiger partial charge in [0.1, 0.15) is 0 Å². The smallest absolute Gasteiger partial charge is 0.255 e. The van der Waals surface area contributed by atoms with Gasteiger partial charge in [0.2, 0.25) is 0 Å². The van der Waals surface area contributed by atoms with E-state index in [0.717, 1.165) is 42.6 Å². The fourth-order valence-corrected chi connectivity index (χ4v) is 3.07. The Labute approximate surface area is 131 Å². The van der Waals surface area contributed by atoms with Gasteiger partial charge in [0.15, 0.2) is 0 Å². The molecule has 0 unspecified atom stereocenters. The second kappa shape index (κ2) is 6.75. The van der Waals surface area contributed by atoms with Gasteiger partial charge in [-0.1, -0.05) is 24.3 Å². The maximum Gasteiger partial charge on any atom is 0.255 e. The third-order valence-electron chi connectivity index (χ3n) is 4.26. The van der Waals surface area contributed by atoms with Crippen molar-refractivity contribution in [2.24, 2.45) is 0 Å². The van der Waals surface area contributed by atoms with Crippen molar-refractivity contribution < 1.29 is 4.79 Å². The van der Waals surface area contributed by atoms with Gasteiger partial charge >= 0.3 is 0 Å². The van der Waals surface area contributed by atoms with Crippen molar-refractivity contribution in [3.05, 3.63) is 64.7 Å². The lowest BCUT2D eigenvalue weighted by Gasteiger charge is -2.11. The molecule has 0 saturated carbocycles. The Hall–Kier alpha value is -2.13. The van der Waals surface area contributed by atoms with Crippen LogP contribution >= 0.6 is 0 Å². The Morgan fingerprint density at radius 1 is 1.09 bits per heavy atom. The zero-order valence-electron chi connectivity index (χ0n) is 13.0. The number of carbonyl (C=O) groups is 1. The van der Waals surface area contributed by atoms with E-state index < -0.39 is 0 Å². The predicted octanol–water partition coefficient (Wildman–Crippen LogP) is 3.19. The summed E-state index contributed by atoms with van der Waals surface area (Å²) in [5.41, 5.74) is 5.54. The van der Waals surface area contributed by atoms with Crippen LogP contribution in [0.2, 0.25) is 0 Å². The largest absolute Gasteiger partial charge is 0.322 e. The van der Waals surface area contributed by atoms with Crippen molar-refractivity contribution in [1.29, 1.82) is 0 Å². The number of hydrogen-bond acceptors (Lipinski definition) is 2. The number of anilines is 1. The first kappa shape index (κ1) is 14.8. The number of amides is 1. The summed E-state index contributed by atoms with van der Waals surface area (Å²) in [6.45, 7) is 0.864. The molecule has 0 radical (unpaired) electrons. The van der Waals surface area contributed by atoms with E-state index in [0.29, 0.717) is 0 Å². The molecule has 1 aliphatic rings. The van der Waals surface area contributed by atoms with E-state index in [4.69, 9.17) is 0 Å². The quantitative estimate of drug-likeness (QED) is 0.889. The molecule has 0 saturated heterocycles. The fourth-order valence-electron chi connectivity index (χ4n) is 3.07. The highest BCUT2D eigenvalue weighted by Crippen LogP contribution is 2.25. The molecule has 0 spiro atoms. The van der Waals surface area contributed by atoms with Crippen LogP contribution in [0.3, 0.4) is 0 Å². The molecule has 3 heteroatoms. The molecule has 2 N–H and O–H groups in total. The second-order valence-corrected chi connectivity index (χ2v) is 5.80. The normalized spacial score (nSPS) is 13.0. The first-order chi connectivity index (χ1) is 10.8. The molecule has 1 aliphatic carbocycles. The maximum atomic E-state index is 12.6. The highest BCUT2D eigenvalue weighted by atomic mass is 16.1. The molecule has 22 heavy (non-hydrogen) atoms. The predicted molar refractivity (Wildman–Crippen MR) is 90.5 cm³/mol. The molecule has 0 atom stereocenters. The van der Waals surface area contributed by atoms with Crippen molar-refractivity contribution in [2.75, 3.05) is 18.9 Å². The zero-order valence-corrected chi connectivity index (χ0v) is 13.0. The third kappa shape index (κ3) is 3.20. The molecule has 0 bridgehead atoms. The molecule has 2 aromatic rings. The molecule has 114 valence electrons. The van der Waals surface area contributed by atoms with Crippen LogP contribution < -0.4 is 10.6 Å². The molecule has 3 nitrogen and oxygen atoms in total. The van der Waals surface area contributed by atoms with E-state index in [2.05, 4.69) is 22.8 Å². The van der Waals surface area contributed by atoms with Gasteiger partial charge in [-0.05, 0) is 74.2 Å². The number of likely N-dealkylation sites (N-methyl/N-ethyl adjacent to an activating group) is 1. The molecular formula is C19H22N2O. The monoisotopic (exact) mass is 294 g/mol. The fraction of sp³-hybridized carbons (Fsp3) is 0.316. The van der Waals surface area contributed by atoms with Crippen LogP contribution in [0.5, 0.6) is 0 Å². The van der Waals surface area contributed by atoms with Crippen molar-refractivity contribution in [1.82, 2.24) is 5.32 Å². The van der Waals surface area contributed by atoms with Crippen molar-refractivity contribution in [2.45, 2.75) is 25.7 Å². The molecule has 0 aliphatic heterocycles. The van der Waals surface area contributed by atoms with Crippen LogP contribution in [0.15, 0.2) is 42.5 Å². The van der Waals surface area contributed by atoms with E-state index in [1.807, 2.05) is 37.4 Å².